The molecule has 5 nitrogen and oxygen atoms in total. The van der Waals surface area contributed by atoms with Gasteiger partial charge >= 0.3 is 6.03 Å². The van der Waals surface area contributed by atoms with Crippen LogP contribution < -0.4 is 15.4 Å². The van der Waals surface area contributed by atoms with Crippen molar-refractivity contribution in [2.75, 3.05) is 13.2 Å². The van der Waals surface area contributed by atoms with E-state index in [0.29, 0.717) is 12.3 Å². The number of hydrogen-bond donors (Lipinski definition) is 2. The van der Waals surface area contributed by atoms with Crippen LogP contribution in [0, 0.1) is 0 Å². The molecule has 2 aromatic rings. The van der Waals surface area contributed by atoms with Gasteiger partial charge in [-0.05, 0) is 39.2 Å². The van der Waals surface area contributed by atoms with Crippen molar-refractivity contribution >= 4 is 38.6 Å². The summed E-state index contributed by atoms with van der Waals surface area (Å²) in [5.41, 5.74) is 0. The molecule has 2 aromatic carbocycles. The molecule has 0 aliphatic heterocycles. The lowest BCUT2D eigenvalue weighted by molar-refractivity contribution is -0.122. The summed E-state index contributed by atoms with van der Waals surface area (Å²) in [6.07, 6.45) is 1.86. The van der Waals surface area contributed by atoms with Gasteiger partial charge in [0.2, 0.25) is 0 Å². The normalized spacial score (nSPS) is 10.3. The Morgan fingerprint density at radius 3 is 2.74 bits per heavy atom. The Morgan fingerprint density at radius 2 is 1.96 bits per heavy atom. The highest BCUT2D eigenvalue weighted by Crippen LogP contribution is 2.32. The second-order valence-corrected chi connectivity index (χ2v) is 5.84. The summed E-state index contributed by atoms with van der Waals surface area (Å²) in [6.45, 7) is 2.35. The molecule has 0 saturated heterocycles. The third kappa shape index (κ3) is 4.96. The van der Waals surface area contributed by atoms with E-state index in [9.17, 15) is 9.59 Å². The molecule has 0 fully saturated rings. The number of carbonyl (C=O) groups is 2. The highest BCUT2D eigenvalue weighted by atomic mass is 79.9. The number of halogens is 1. The van der Waals surface area contributed by atoms with Crippen LogP contribution in [0.15, 0.2) is 40.9 Å². The Morgan fingerprint density at radius 1 is 1.17 bits per heavy atom. The summed E-state index contributed by atoms with van der Waals surface area (Å²) in [6, 6.07) is 11.1. The first-order valence-corrected chi connectivity index (χ1v) is 8.29. The largest absolute Gasteiger partial charge is 0.483 e. The highest BCUT2D eigenvalue weighted by molar-refractivity contribution is 9.10. The van der Waals surface area contributed by atoms with Crippen LogP contribution in [0.25, 0.3) is 10.8 Å². The Bertz CT molecular complexity index is 703. The number of benzene rings is 2. The van der Waals surface area contributed by atoms with Crippen LogP contribution in [-0.4, -0.2) is 25.1 Å². The Balaban J connectivity index is 1.89. The fourth-order valence-corrected chi connectivity index (χ4v) is 2.66. The lowest BCUT2D eigenvalue weighted by Crippen LogP contribution is -2.41. The van der Waals surface area contributed by atoms with Crippen molar-refractivity contribution in [2.24, 2.45) is 0 Å². The molecule has 0 aliphatic carbocycles. The van der Waals surface area contributed by atoms with Crippen molar-refractivity contribution in [1.82, 2.24) is 10.6 Å². The zero-order valence-corrected chi connectivity index (χ0v) is 14.5. The smallest absolute Gasteiger partial charge is 0.321 e. The molecule has 0 unspecified atom stereocenters. The Labute approximate surface area is 143 Å². The first-order valence-electron chi connectivity index (χ1n) is 7.49. The minimum Gasteiger partial charge on any atom is -0.483 e. The minimum absolute atomic E-state index is 0.224. The van der Waals surface area contributed by atoms with Crippen LogP contribution in [0.1, 0.15) is 19.8 Å². The number of urea groups is 1. The number of rotatable bonds is 6. The number of amides is 3. The zero-order valence-electron chi connectivity index (χ0n) is 12.9. The standard InChI is InChI=1S/C17H19BrN2O3/c1-2-3-10-19-17(22)20-15(21)11-23-14-9-8-12-6-4-5-7-13(12)16(14)18/h4-9H,2-3,10-11H2,1H3,(H2,19,20,21,22). The predicted molar refractivity (Wildman–Crippen MR) is 93.6 cm³/mol. The fraction of sp³-hybridized carbons (Fsp3) is 0.294. The van der Waals surface area contributed by atoms with Crippen molar-refractivity contribution in [2.45, 2.75) is 19.8 Å². The average Bonchev–Trinajstić information content (AvgIpc) is 2.55. The molecule has 2 rings (SSSR count). The summed E-state index contributed by atoms with van der Waals surface area (Å²) in [5.74, 6) is 0.0734. The zero-order chi connectivity index (χ0) is 16.7. The number of imide groups is 1. The van der Waals surface area contributed by atoms with Crippen LogP contribution >= 0.6 is 15.9 Å². The van der Waals surface area contributed by atoms with Crippen molar-refractivity contribution < 1.29 is 14.3 Å². The van der Waals surface area contributed by atoms with Crippen LogP contribution in [0.2, 0.25) is 0 Å². The summed E-state index contributed by atoms with van der Waals surface area (Å²) in [4.78, 5) is 23.2. The van der Waals surface area contributed by atoms with Crippen LogP contribution in [-0.2, 0) is 4.79 Å². The van der Waals surface area contributed by atoms with Gasteiger partial charge in [-0.2, -0.15) is 0 Å². The van der Waals surface area contributed by atoms with E-state index in [1.807, 2.05) is 37.3 Å². The molecule has 0 atom stereocenters. The van der Waals surface area contributed by atoms with E-state index in [-0.39, 0.29) is 6.61 Å². The summed E-state index contributed by atoms with van der Waals surface area (Å²) in [5, 5.41) is 6.93. The Hall–Kier alpha value is -2.08. The van der Waals surface area contributed by atoms with Crippen LogP contribution in [0.5, 0.6) is 5.75 Å². The number of fused-ring (bicyclic) bond motifs is 1. The highest BCUT2D eigenvalue weighted by Gasteiger charge is 2.10. The maximum Gasteiger partial charge on any atom is 0.321 e. The van der Waals surface area contributed by atoms with E-state index in [0.717, 1.165) is 28.1 Å². The van der Waals surface area contributed by atoms with Gasteiger partial charge in [0.25, 0.3) is 5.91 Å². The van der Waals surface area contributed by atoms with Gasteiger partial charge in [0.15, 0.2) is 6.61 Å². The molecule has 122 valence electrons. The number of nitrogens with one attached hydrogen (secondary N) is 2. The lowest BCUT2D eigenvalue weighted by Gasteiger charge is -2.10. The monoisotopic (exact) mass is 378 g/mol. The molecule has 0 heterocycles. The summed E-state index contributed by atoms with van der Waals surface area (Å²) < 4.78 is 6.28. The lowest BCUT2D eigenvalue weighted by atomic mass is 10.1. The molecule has 0 radical (unpaired) electrons. The second-order valence-electron chi connectivity index (χ2n) is 5.05. The molecular weight excluding hydrogens is 360 g/mol. The summed E-state index contributed by atoms with van der Waals surface area (Å²) >= 11 is 3.49. The maximum absolute atomic E-state index is 11.7. The molecule has 3 amide bonds. The average molecular weight is 379 g/mol. The van der Waals surface area contributed by atoms with Gasteiger partial charge in [-0.25, -0.2) is 4.79 Å². The summed E-state index contributed by atoms with van der Waals surface area (Å²) in [7, 11) is 0. The molecule has 0 aliphatic rings. The molecule has 2 N–H and O–H groups in total. The SMILES string of the molecule is CCCCNC(=O)NC(=O)COc1ccc2ccccc2c1Br. The van der Waals surface area contributed by atoms with Crippen LogP contribution in [0.4, 0.5) is 4.79 Å². The van der Waals surface area contributed by atoms with E-state index < -0.39 is 11.9 Å². The topological polar surface area (TPSA) is 67.4 Å². The second kappa shape index (κ2) is 8.53. The third-order valence-electron chi connectivity index (χ3n) is 3.26. The maximum atomic E-state index is 11.7. The molecule has 0 spiro atoms. The van der Waals surface area contributed by atoms with E-state index >= 15 is 0 Å². The van der Waals surface area contributed by atoms with Gasteiger partial charge in [0.05, 0.1) is 4.47 Å². The van der Waals surface area contributed by atoms with Crippen molar-refractivity contribution in [3.8, 4) is 5.75 Å². The van der Waals surface area contributed by atoms with Crippen molar-refractivity contribution in [3.05, 3.63) is 40.9 Å². The first kappa shape index (κ1) is 17.3. The van der Waals surface area contributed by atoms with Crippen LogP contribution in [0.3, 0.4) is 0 Å². The number of hydrogen-bond acceptors (Lipinski definition) is 3. The molecule has 0 bridgehead atoms. The van der Waals surface area contributed by atoms with Gasteiger partial charge in [-0.1, -0.05) is 43.7 Å². The number of carbonyl (C=O) groups excluding carboxylic acids is 2. The molecule has 6 heteroatoms. The van der Waals surface area contributed by atoms with Crippen molar-refractivity contribution in [3.63, 3.8) is 0 Å². The molecule has 0 aromatic heterocycles. The van der Waals surface area contributed by atoms with E-state index in [1.165, 1.54) is 0 Å². The van der Waals surface area contributed by atoms with Gasteiger partial charge in [0, 0.05) is 6.54 Å². The van der Waals surface area contributed by atoms with Crippen molar-refractivity contribution in [1.29, 1.82) is 0 Å². The number of ether oxygens (including phenoxy) is 1. The molecular formula is C17H19BrN2O3. The Kier molecular flexibility index (Phi) is 6.40. The number of unbranched alkanes of at least 4 members (excludes halogenated alkanes) is 1. The fourth-order valence-electron chi connectivity index (χ4n) is 2.05. The van der Waals surface area contributed by atoms with E-state index in [4.69, 9.17) is 4.74 Å². The van der Waals surface area contributed by atoms with Gasteiger partial charge in [-0.15, -0.1) is 0 Å². The third-order valence-corrected chi connectivity index (χ3v) is 4.07. The first-order chi connectivity index (χ1) is 11.1. The van der Waals surface area contributed by atoms with E-state index in [2.05, 4.69) is 26.6 Å². The van der Waals surface area contributed by atoms with E-state index in [1.54, 1.807) is 6.07 Å². The minimum atomic E-state index is -0.496. The van der Waals surface area contributed by atoms with Gasteiger partial charge < -0.3 is 10.1 Å². The predicted octanol–water partition coefficient (Wildman–Crippen LogP) is 3.61. The quantitative estimate of drug-likeness (QED) is 0.754. The van der Waals surface area contributed by atoms with Gasteiger partial charge in [0.1, 0.15) is 5.75 Å². The van der Waals surface area contributed by atoms with Gasteiger partial charge in [-0.3, -0.25) is 10.1 Å². The molecule has 0 saturated carbocycles. The molecule has 23 heavy (non-hydrogen) atoms.